The normalized spacial score (nSPS) is 12.0. The van der Waals surface area contributed by atoms with Gasteiger partial charge >= 0.3 is 0 Å². The van der Waals surface area contributed by atoms with E-state index >= 15 is 0 Å². The van der Waals surface area contributed by atoms with Crippen molar-refractivity contribution >= 4 is 23.2 Å². The lowest BCUT2D eigenvalue weighted by Gasteiger charge is -2.12. The minimum atomic E-state index is -0.0249. The van der Waals surface area contributed by atoms with Gasteiger partial charge in [-0.3, -0.25) is 4.79 Å². The fraction of sp³-hybridized carbons (Fsp3) is 0.235. The third-order valence-electron chi connectivity index (χ3n) is 3.46. The van der Waals surface area contributed by atoms with Gasteiger partial charge in [0, 0.05) is 16.3 Å². The fourth-order valence-electron chi connectivity index (χ4n) is 2.11. The number of carbonyl (C=O) groups excluding carboxylic acids is 1. The van der Waals surface area contributed by atoms with Gasteiger partial charge in [0.2, 0.25) is 0 Å². The van der Waals surface area contributed by atoms with E-state index < -0.39 is 0 Å². The lowest BCUT2D eigenvalue weighted by atomic mass is 10.1. The van der Waals surface area contributed by atoms with E-state index in [2.05, 4.69) is 24.4 Å². The second-order valence-corrected chi connectivity index (χ2v) is 5.58. The van der Waals surface area contributed by atoms with Crippen molar-refractivity contribution in [1.82, 2.24) is 0 Å². The summed E-state index contributed by atoms with van der Waals surface area (Å²) in [6, 6.07) is 15.9. The van der Waals surface area contributed by atoms with E-state index in [4.69, 9.17) is 11.6 Å². The summed E-state index contributed by atoms with van der Waals surface area (Å²) in [6.07, 6.45) is 0. The largest absolute Gasteiger partial charge is 0.333 e. The van der Waals surface area contributed by atoms with Gasteiger partial charge in [-0.15, -0.1) is 0 Å². The molecule has 3 N–H and O–H groups in total. The molecule has 1 atom stereocenters. The standard InChI is InChI=1S/C17H19ClN2O/c1-12-8-9-15(18)10-16(12)20-17(21)11-19-13(2)14-6-4-3-5-7-14/h3-10,13,19H,11H2,1-2H3,(H,20,21)/p+1/t13-/m0/s1. The van der Waals surface area contributed by atoms with Crippen LogP contribution in [-0.2, 0) is 4.79 Å². The molecule has 2 aromatic carbocycles. The molecule has 1 amide bonds. The van der Waals surface area contributed by atoms with Crippen molar-refractivity contribution in [2.75, 3.05) is 11.9 Å². The average Bonchev–Trinajstić information content (AvgIpc) is 2.49. The van der Waals surface area contributed by atoms with E-state index in [0.717, 1.165) is 11.3 Å². The zero-order chi connectivity index (χ0) is 15.2. The van der Waals surface area contributed by atoms with Crippen molar-refractivity contribution < 1.29 is 10.1 Å². The Bertz CT molecular complexity index is 613. The molecule has 0 aliphatic carbocycles. The van der Waals surface area contributed by atoms with Gasteiger partial charge in [0.05, 0.1) is 0 Å². The fourth-order valence-corrected chi connectivity index (χ4v) is 2.28. The van der Waals surface area contributed by atoms with Crippen LogP contribution in [0.5, 0.6) is 0 Å². The highest BCUT2D eigenvalue weighted by Crippen LogP contribution is 2.19. The van der Waals surface area contributed by atoms with Crippen LogP contribution in [0.15, 0.2) is 48.5 Å². The van der Waals surface area contributed by atoms with E-state index in [1.165, 1.54) is 5.56 Å². The first-order valence-corrected chi connectivity index (χ1v) is 7.38. The number of halogens is 1. The minimum Gasteiger partial charge on any atom is -0.333 e. The Kier molecular flexibility index (Phi) is 5.37. The maximum Gasteiger partial charge on any atom is 0.279 e. The summed E-state index contributed by atoms with van der Waals surface area (Å²) >= 11 is 5.95. The summed E-state index contributed by atoms with van der Waals surface area (Å²) in [5, 5.41) is 5.54. The number of aryl methyl sites for hydroxylation is 1. The number of anilines is 1. The van der Waals surface area contributed by atoms with E-state index in [0.29, 0.717) is 11.6 Å². The molecule has 0 saturated heterocycles. The molecule has 110 valence electrons. The Morgan fingerprint density at radius 1 is 1.24 bits per heavy atom. The Balaban J connectivity index is 1.89. The Hall–Kier alpha value is -1.84. The Labute approximate surface area is 130 Å². The minimum absolute atomic E-state index is 0.0249. The molecule has 0 aromatic heterocycles. The molecule has 21 heavy (non-hydrogen) atoms. The first-order chi connectivity index (χ1) is 10.1. The second-order valence-electron chi connectivity index (χ2n) is 5.15. The summed E-state index contributed by atoms with van der Waals surface area (Å²) in [7, 11) is 0. The molecule has 0 bridgehead atoms. The van der Waals surface area contributed by atoms with Crippen LogP contribution < -0.4 is 10.6 Å². The van der Waals surface area contributed by atoms with Gasteiger partial charge in [-0.05, 0) is 31.5 Å². The molecule has 0 aliphatic heterocycles. The monoisotopic (exact) mass is 303 g/mol. The molecule has 2 aromatic rings. The number of hydrogen-bond acceptors (Lipinski definition) is 1. The van der Waals surface area contributed by atoms with E-state index in [1.807, 2.05) is 42.6 Å². The van der Waals surface area contributed by atoms with Gasteiger partial charge in [-0.2, -0.15) is 0 Å². The highest BCUT2D eigenvalue weighted by atomic mass is 35.5. The molecule has 0 unspecified atom stereocenters. The lowest BCUT2D eigenvalue weighted by molar-refractivity contribution is -0.682. The van der Waals surface area contributed by atoms with Crippen LogP contribution in [0.2, 0.25) is 5.02 Å². The number of quaternary nitrogens is 1. The lowest BCUT2D eigenvalue weighted by Crippen LogP contribution is -2.86. The molecule has 0 spiro atoms. The van der Waals surface area contributed by atoms with Crippen LogP contribution in [0.3, 0.4) is 0 Å². The van der Waals surface area contributed by atoms with Crippen molar-refractivity contribution in [3.8, 4) is 0 Å². The molecular formula is C17H20ClN2O+. The zero-order valence-electron chi connectivity index (χ0n) is 12.3. The number of amides is 1. The molecule has 4 heteroatoms. The van der Waals surface area contributed by atoms with Gasteiger partial charge in [0.15, 0.2) is 6.54 Å². The summed E-state index contributed by atoms with van der Waals surface area (Å²) in [4.78, 5) is 12.0. The maximum atomic E-state index is 12.0. The zero-order valence-corrected chi connectivity index (χ0v) is 13.0. The van der Waals surface area contributed by atoms with Crippen LogP contribution >= 0.6 is 11.6 Å². The third kappa shape index (κ3) is 4.59. The smallest absolute Gasteiger partial charge is 0.279 e. The first-order valence-electron chi connectivity index (χ1n) is 7.00. The van der Waals surface area contributed by atoms with Gasteiger partial charge < -0.3 is 10.6 Å². The quantitative estimate of drug-likeness (QED) is 0.876. The Morgan fingerprint density at radius 2 is 1.95 bits per heavy atom. The predicted molar refractivity (Wildman–Crippen MR) is 86.5 cm³/mol. The molecule has 0 fully saturated rings. The topological polar surface area (TPSA) is 45.7 Å². The highest BCUT2D eigenvalue weighted by molar-refractivity contribution is 6.31. The molecule has 0 heterocycles. The van der Waals surface area contributed by atoms with Crippen molar-refractivity contribution in [1.29, 1.82) is 0 Å². The van der Waals surface area contributed by atoms with Crippen LogP contribution in [0.1, 0.15) is 24.1 Å². The van der Waals surface area contributed by atoms with Crippen molar-refractivity contribution in [2.24, 2.45) is 0 Å². The molecule has 0 aliphatic rings. The molecule has 2 rings (SSSR count). The summed E-state index contributed by atoms with van der Waals surface area (Å²) < 4.78 is 0. The third-order valence-corrected chi connectivity index (χ3v) is 3.69. The van der Waals surface area contributed by atoms with E-state index in [1.54, 1.807) is 6.07 Å². The van der Waals surface area contributed by atoms with Crippen LogP contribution in [0.25, 0.3) is 0 Å². The SMILES string of the molecule is Cc1ccc(Cl)cc1NC(=O)C[NH2+][C@@H](C)c1ccccc1. The number of rotatable bonds is 5. The van der Waals surface area contributed by atoms with Crippen molar-refractivity contribution in [2.45, 2.75) is 19.9 Å². The van der Waals surface area contributed by atoms with Crippen LogP contribution in [0, 0.1) is 6.92 Å². The number of nitrogens with two attached hydrogens (primary N) is 1. The van der Waals surface area contributed by atoms with E-state index in [-0.39, 0.29) is 11.9 Å². The second kappa shape index (κ2) is 7.25. The van der Waals surface area contributed by atoms with Gasteiger partial charge in [0.25, 0.3) is 5.91 Å². The highest BCUT2D eigenvalue weighted by Gasteiger charge is 2.12. The number of benzene rings is 2. The molecule has 3 nitrogen and oxygen atoms in total. The van der Waals surface area contributed by atoms with E-state index in [9.17, 15) is 4.79 Å². The number of nitrogens with one attached hydrogen (secondary N) is 1. The van der Waals surface area contributed by atoms with Crippen molar-refractivity contribution in [3.05, 3.63) is 64.7 Å². The number of carbonyl (C=O) groups is 1. The predicted octanol–water partition coefficient (Wildman–Crippen LogP) is 2.91. The molecular weight excluding hydrogens is 284 g/mol. The number of hydrogen-bond donors (Lipinski definition) is 2. The Morgan fingerprint density at radius 3 is 2.67 bits per heavy atom. The van der Waals surface area contributed by atoms with Crippen molar-refractivity contribution in [3.63, 3.8) is 0 Å². The first kappa shape index (κ1) is 15.5. The molecule has 0 saturated carbocycles. The maximum absolute atomic E-state index is 12.0. The summed E-state index contributed by atoms with van der Waals surface area (Å²) in [6.45, 7) is 4.41. The molecule has 0 radical (unpaired) electrons. The summed E-state index contributed by atoms with van der Waals surface area (Å²) in [5.41, 5.74) is 2.99. The van der Waals surface area contributed by atoms with Gasteiger partial charge in [-0.1, -0.05) is 48.0 Å². The summed E-state index contributed by atoms with van der Waals surface area (Å²) in [5.74, 6) is -0.0249. The van der Waals surface area contributed by atoms with Crippen LogP contribution in [-0.4, -0.2) is 12.5 Å². The van der Waals surface area contributed by atoms with Crippen LogP contribution in [0.4, 0.5) is 5.69 Å². The van der Waals surface area contributed by atoms with Gasteiger partial charge in [-0.25, -0.2) is 0 Å². The van der Waals surface area contributed by atoms with Gasteiger partial charge in [0.1, 0.15) is 6.04 Å². The average molecular weight is 304 g/mol.